The molecule has 0 N–H and O–H groups in total. The first kappa shape index (κ1) is 77.0. The van der Waals surface area contributed by atoms with Crippen LogP contribution in [0.4, 0.5) is 11.4 Å². The van der Waals surface area contributed by atoms with Crippen molar-refractivity contribution >= 4 is 45.1 Å². The molecular weight excluding hydrogens is 1590 g/mol. The fourth-order valence-corrected chi connectivity index (χ4v) is 28.8. The third-order valence-corrected chi connectivity index (χ3v) is 33.9. The van der Waals surface area contributed by atoms with E-state index in [2.05, 4.69) is 506 Å². The van der Waals surface area contributed by atoms with Crippen LogP contribution in [0.15, 0.2) is 461 Å². The number of benzene rings is 18. The molecule has 0 atom stereocenters. The minimum atomic E-state index is -2.10. The van der Waals surface area contributed by atoms with Gasteiger partial charge in [-0.2, -0.15) is 26.4 Å². The Labute approximate surface area is 774 Å². The van der Waals surface area contributed by atoms with Gasteiger partial charge in [-0.3, -0.25) is 0 Å². The van der Waals surface area contributed by atoms with Gasteiger partial charge in [0, 0.05) is 65.2 Å². The number of rotatable bonds is 10. The summed E-state index contributed by atoms with van der Waals surface area (Å²) in [5.74, 6) is 0.650. The van der Waals surface area contributed by atoms with Crippen LogP contribution in [0.1, 0.15) is 218 Å². The highest BCUT2D eigenvalue weighted by atomic mass is 15.2. The van der Waals surface area contributed by atoms with Gasteiger partial charge in [0.1, 0.15) is 13.2 Å². The van der Waals surface area contributed by atoms with Crippen LogP contribution in [0.3, 0.4) is 0 Å². The highest BCUT2D eigenvalue weighted by molar-refractivity contribution is 7.20. The van der Waals surface area contributed by atoms with Gasteiger partial charge in [0.15, 0.2) is 5.71 Å². The Hall–Kier alpha value is -15.0. The van der Waals surface area contributed by atoms with Crippen molar-refractivity contribution in [2.24, 2.45) is 0 Å². The number of likely N-dealkylation sites (N-methyl/N-ethyl adjacent to an activating group) is 1. The number of nitrogens with zero attached hydrogens (tertiary/aromatic N) is 2. The molecule has 3 heteroatoms. The Morgan fingerprint density at radius 2 is 0.439 bits per heavy atom. The molecule has 14 aliphatic rings. The third-order valence-electron chi connectivity index (χ3n) is 33.9. The highest BCUT2D eigenvalue weighted by Gasteiger charge is 2.58. The zero-order valence-corrected chi connectivity index (χ0v) is 75.1. The second-order valence-corrected chi connectivity index (χ2v) is 39.8. The zero-order chi connectivity index (χ0) is 87.9. The number of anilines is 1. The summed E-state index contributed by atoms with van der Waals surface area (Å²) in [4.78, 5) is 2.32. The van der Waals surface area contributed by atoms with Crippen LogP contribution in [0.25, 0.3) is 0 Å². The average molecular weight is 1690 g/mol. The van der Waals surface area contributed by atoms with Crippen LogP contribution < -0.4 is 26.8 Å². The molecule has 0 aromatic heterocycles. The van der Waals surface area contributed by atoms with Gasteiger partial charge in [0.25, 0.3) is 0 Å². The molecule has 132 heavy (non-hydrogen) atoms. The summed E-state index contributed by atoms with van der Waals surface area (Å²) in [6.07, 6.45) is 4.68. The van der Waals surface area contributed by atoms with Gasteiger partial charge in [-0.05, 0) is 187 Å². The Morgan fingerprint density at radius 1 is 0.235 bits per heavy atom. The second-order valence-electron chi connectivity index (χ2n) is 39.8. The normalized spacial score (nSPS) is 22.4. The van der Waals surface area contributed by atoms with Gasteiger partial charge >= 0.3 is 0 Å². The van der Waals surface area contributed by atoms with E-state index in [9.17, 15) is 0 Å². The maximum absolute atomic E-state index is 2.56. The monoisotopic (exact) mass is 1680 g/mol. The molecule has 8 bridgehead atoms. The van der Waals surface area contributed by atoms with Crippen LogP contribution in [-0.4, -0.2) is 30.5 Å². The SMILES string of the molecule is CN1/C(=C/C=C/C2=[N+](C)c3ccccc3C2(C)C)C(C)(C)c2ccccc21.c1ccc2c(c1)C1c3ccccc3C2(c2ccc([B-](c3ccc(C45c6ccccc6C(c6ccccc64)c4ccccc45)cc3)(c3ccc(C45c6ccccc6C(c6ccccc64)c4ccccc45)cc3)c3ccc(C45c6ccccc6C(c6ccccc64)c4ccccc45)cc3)cc2)c2ccccc21. The first-order valence-electron chi connectivity index (χ1n) is 47.5. The summed E-state index contributed by atoms with van der Waals surface area (Å²) in [6, 6.07) is 170. The Bertz CT molecular complexity index is 6780. The van der Waals surface area contributed by atoms with E-state index in [0.717, 1.165) is 0 Å². The van der Waals surface area contributed by atoms with Gasteiger partial charge < -0.3 is 4.90 Å². The molecule has 626 valence electrons. The van der Waals surface area contributed by atoms with Crippen LogP contribution in [0.2, 0.25) is 0 Å². The van der Waals surface area contributed by atoms with Crippen molar-refractivity contribution in [3.05, 3.63) is 628 Å². The van der Waals surface area contributed by atoms with E-state index >= 15 is 0 Å². The summed E-state index contributed by atoms with van der Waals surface area (Å²) in [7, 11) is 4.34. The maximum atomic E-state index is 2.56. The third kappa shape index (κ3) is 9.67. The van der Waals surface area contributed by atoms with E-state index in [-0.39, 0.29) is 34.5 Å². The predicted molar refractivity (Wildman–Crippen MR) is 542 cm³/mol. The number of para-hydroxylation sites is 2. The van der Waals surface area contributed by atoms with Crippen molar-refractivity contribution in [1.29, 1.82) is 0 Å². The molecule has 0 spiro atoms. The molecule has 0 radical (unpaired) electrons. The Morgan fingerprint density at radius 3 is 0.667 bits per heavy atom. The van der Waals surface area contributed by atoms with Crippen LogP contribution in [0, 0.1) is 0 Å². The van der Waals surface area contributed by atoms with Gasteiger partial charge in [-0.1, -0.05) is 445 Å². The summed E-state index contributed by atoms with van der Waals surface area (Å²) in [5.41, 5.74) is 49.3. The molecule has 2 aliphatic heterocycles. The van der Waals surface area contributed by atoms with Crippen LogP contribution in [-0.2, 0) is 32.5 Å². The number of hydrogen-bond acceptors (Lipinski definition) is 1. The first-order valence-corrected chi connectivity index (χ1v) is 47.5. The molecule has 2 heterocycles. The van der Waals surface area contributed by atoms with Crippen molar-refractivity contribution < 1.29 is 4.58 Å². The topological polar surface area (TPSA) is 6.25 Å². The lowest BCUT2D eigenvalue weighted by molar-refractivity contribution is -0.401. The number of allylic oxidation sites excluding steroid dienone is 4. The fraction of sp³-hybridized carbons (Fsp3) is 0.124. The summed E-state index contributed by atoms with van der Waals surface area (Å²) in [6.45, 7) is 9.24. The zero-order valence-electron chi connectivity index (χ0n) is 75.1. The molecule has 12 aliphatic carbocycles. The molecule has 2 nitrogen and oxygen atoms in total. The molecule has 0 fully saturated rings. The van der Waals surface area contributed by atoms with Crippen molar-refractivity contribution in [2.45, 2.75) is 83.9 Å². The van der Waals surface area contributed by atoms with Gasteiger partial charge in [0.05, 0.1) is 27.1 Å². The van der Waals surface area contributed by atoms with E-state index < -0.39 is 27.8 Å². The van der Waals surface area contributed by atoms with Gasteiger partial charge in [-0.25, -0.2) is 0 Å². The van der Waals surface area contributed by atoms with Crippen molar-refractivity contribution in [3.63, 3.8) is 0 Å². The molecule has 0 saturated carbocycles. The smallest absolute Gasteiger partial charge is 0.209 e. The quantitative estimate of drug-likeness (QED) is 0.0977. The molecule has 0 unspecified atom stereocenters. The summed E-state index contributed by atoms with van der Waals surface area (Å²) < 4.78 is 2.32. The molecule has 18 aromatic carbocycles. The number of fused-ring (bicyclic) bond motifs is 2. The Kier molecular flexibility index (Phi) is 16.3. The highest BCUT2D eigenvalue weighted by Crippen LogP contribution is 2.67. The standard InChI is InChI=1S/C104H68B.C25H29N2/c1-13-37-85-73(25-1)97-74-26-2-14-38-86(74)101(85,87-39-15-3-27-75(87)97)65-49-57-69(58-50-65)105(70-59-51-66(52-60-70)102-88-40-16-4-28-76(88)98(77-29-5-17-41-89(77)102)78-30-6-18-42-90(78)102,71-61-53-67(54-62-71)103-91-43-19-7-31-79(91)99(80-32-8-20-44-92(80)103)81-33-9-21-45-93(81)103)72-63-55-68(56-64-72)104-94-46-22-10-34-82(94)100(83-35-11-23-47-95(83)104)84-36-12-24-48-96(84)104;1-24(2)18-12-7-9-14-20(18)26(5)22(24)16-11-17-23-25(3,4)19-13-8-10-15-21(19)27(23)6/h1-64,97-100H;7-17H,1-6H3/q-1;+1. The van der Waals surface area contributed by atoms with Crippen molar-refractivity contribution in [3.8, 4) is 0 Å². The molecular formula is C129H97BN2. The van der Waals surface area contributed by atoms with Gasteiger partial charge in [-0.15, -0.1) is 0 Å². The van der Waals surface area contributed by atoms with Crippen molar-refractivity contribution in [1.82, 2.24) is 0 Å². The lowest BCUT2D eigenvalue weighted by Crippen LogP contribution is -2.74. The second kappa shape index (κ2) is 28.0. The predicted octanol–water partition coefficient (Wildman–Crippen LogP) is 25.4. The molecule has 0 saturated heterocycles. The number of hydrogen-bond donors (Lipinski definition) is 0. The van der Waals surface area contributed by atoms with E-state index in [1.807, 2.05) is 0 Å². The molecule has 18 aromatic rings. The first-order chi connectivity index (χ1) is 64.9. The fourth-order valence-electron chi connectivity index (χ4n) is 28.8. The van der Waals surface area contributed by atoms with E-state index in [4.69, 9.17) is 0 Å². The minimum absolute atomic E-state index is 0.0143. The Balaban J connectivity index is 0.000000284. The lowest BCUT2D eigenvalue weighted by Gasteiger charge is -2.52. The molecule has 0 amide bonds. The van der Waals surface area contributed by atoms with Gasteiger partial charge in [0.2, 0.25) is 5.69 Å². The summed E-state index contributed by atoms with van der Waals surface area (Å²) in [5, 5.41) is 0. The van der Waals surface area contributed by atoms with Crippen LogP contribution in [0.5, 0.6) is 0 Å². The largest absolute Gasteiger partial charge is 0.347 e. The molecule has 32 rings (SSSR count). The van der Waals surface area contributed by atoms with Crippen molar-refractivity contribution in [2.75, 3.05) is 19.0 Å². The summed E-state index contributed by atoms with van der Waals surface area (Å²) >= 11 is 0. The lowest BCUT2D eigenvalue weighted by atomic mass is 9.13. The minimum Gasteiger partial charge on any atom is -0.347 e. The maximum Gasteiger partial charge on any atom is 0.209 e. The van der Waals surface area contributed by atoms with E-state index in [0.29, 0.717) is 0 Å². The average Bonchev–Trinajstić information content (AvgIpc) is 0.962. The van der Waals surface area contributed by atoms with E-state index in [1.165, 1.54) is 212 Å². The van der Waals surface area contributed by atoms with E-state index in [1.54, 1.807) is 0 Å². The van der Waals surface area contributed by atoms with Crippen LogP contribution >= 0.6 is 0 Å².